The lowest BCUT2D eigenvalue weighted by atomic mass is 10.3. The highest BCUT2D eigenvalue weighted by Crippen LogP contribution is 2.28. The van der Waals surface area contributed by atoms with Gasteiger partial charge in [0.1, 0.15) is 5.56 Å². The van der Waals surface area contributed by atoms with Crippen molar-refractivity contribution in [2.45, 2.75) is 0 Å². The molecule has 7 heteroatoms. The zero-order valence-electron chi connectivity index (χ0n) is 6.22. The van der Waals surface area contributed by atoms with Gasteiger partial charge in [0.2, 0.25) is 0 Å². The molecular weight excluding hydrogens is 196 g/mol. The van der Waals surface area contributed by atoms with Crippen molar-refractivity contribution in [2.75, 3.05) is 0 Å². The molecule has 6 nitrogen and oxygen atoms in total. The van der Waals surface area contributed by atoms with E-state index in [0.717, 1.165) is 6.07 Å². The largest absolute Gasteiger partial charge is 0.365 e. The van der Waals surface area contributed by atoms with E-state index in [1.54, 1.807) is 0 Å². The summed E-state index contributed by atoms with van der Waals surface area (Å²) >= 11 is 0.628. The highest BCUT2D eigenvalue weighted by Gasteiger charge is 2.22. The number of amides is 1. The van der Waals surface area contributed by atoms with Gasteiger partial charge >= 0.3 is 5.00 Å². The fourth-order valence-electron chi connectivity index (χ4n) is 0.770. The number of carbonyl (C=O) groups is 2. The van der Waals surface area contributed by atoms with Gasteiger partial charge in [0, 0.05) is 0 Å². The molecule has 0 radical (unpaired) electrons. The second-order valence-electron chi connectivity index (χ2n) is 2.11. The number of aldehydes is 1. The van der Waals surface area contributed by atoms with E-state index in [4.69, 9.17) is 5.73 Å². The Labute approximate surface area is 76.1 Å². The fraction of sp³-hybridized carbons (Fsp3) is 0. The van der Waals surface area contributed by atoms with Crippen molar-refractivity contribution < 1.29 is 14.5 Å². The van der Waals surface area contributed by atoms with Gasteiger partial charge in [-0.25, -0.2) is 0 Å². The van der Waals surface area contributed by atoms with Crippen LogP contribution >= 0.6 is 11.3 Å². The molecule has 0 aliphatic heterocycles. The van der Waals surface area contributed by atoms with Gasteiger partial charge < -0.3 is 5.73 Å². The minimum absolute atomic E-state index is 0.112. The summed E-state index contributed by atoms with van der Waals surface area (Å²) in [7, 11) is 0. The molecule has 13 heavy (non-hydrogen) atoms. The number of thiophene rings is 1. The molecule has 0 atom stereocenters. The fourth-order valence-corrected chi connectivity index (χ4v) is 1.56. The van der Waals surface area contributed by atoms with Gasteiger partial charge in [0.15, 0.2) is 6.29 Å². The molecule has 0 spiro atoms. The summed E-state index contributed by atoms with van der Waals surface area (Å²) in [5.74, 6) is -0.906. The number of nitro groups is 1. The number of nitrogens with two attached hydrogens (primary N) is 1. The summed E-state index contributed by atoms with van der Waals surface area (Å²) < 4.78 is 0. The maximum Gasteiger partial charge on any atom is 0.337 e. The lowest BCUT2D eigenvalue weighted by Gasteiger charge is -1.87. The molecule has 1 aromatic rings. The van der Waals surface area contributed by atoms with Gasteiger partial charge in [-0.1, -0.05) is 11.3 Å². The van der Waals surface area contributed by atoms with E-state index >= 15 is 0 Å². The molecule has 1 amide bonds. The van der Waals surface area contributed by atoms with Crippen molar-refractivity contribution in [3.8, 4) is 0 Å². The van der Waals surface area contributed by atoms with Gasteiger partial charge in [-0.15, -0.1) is 0 Å². The molecule has 0 saturated carbocycles. The maximum absolute atomic E-state index is 10.7. The number of hydrogen-bond acceptors (Lipinski definition) is 5. The first kappa shape index (κ1) is 9.33. The molecule has 2 N–H and O–H groups in total. The Bertz CT molecular complexity index is 352. The van der Waals surface area contributed by atoms with Gasteiger partial charge in [-0.05, 0) is 6.07 Å². The number of rotatable bonds is 3. The van der Waals surface area contributed by atoms with E-state index in [-0.39, 0.29) is 10.4 Å². The molecule has 1 aromatic heterocycles. The van der Waals surface area contributed by atoms with Gasteiger partial charge in [-0.2, -0.15) is 0 Å². The van der Waals surface area contributed by atoms with Crippen LogP contribution < -0.4 is 5.73 Å². The average Bonchev–Trinajstić information content (AvgIpc) is 2.47. The SMILES string of the molecule is NC(=O)c1cc(C=O)sc1[N+](=O)[O-]. The van der Waals surface area contributed by atoms with E-state index in [0.29, 0.717) is 17.6 Å². The molecule has 0 aliphatic carbocycles. The summed E-state index contributed by atoms with van der Waals surface area (Å²) in [5.41, 5.74) is 4.64. The minimum atomic E-state index is -0.906. The Hall–Kier alpha value is -1.76. The first-order valence-corrected chi connectivity index (χ1v) is 3.91. The molecule has 1 rings (SSSR count). The van der Waals surface area contributed by atoms with Crippen molar-refractivity contribution >= 4 is 28.5 Å². The number of carbonyl (C=O) groups excluding carboxylic acids is 2. The molecule has 1 heterocycles. The lowest BCUT2D eigenvalue weighted by molar-refractivity contribution is -0.380. The van der Waals surface area contributed by atoms with Gasteiger partial charge in [-0.3, -0.25) is 19.7 Å². The molecule has 68 valence electrons. The highest BCUT2D eigenvalue weighted by molar-refractivity contribution is 7.17. The van der Waals surface area contributed by atoms with E-state index in [1.165, 1.54) is 0 Å². The highest BCUT2D eigenvalue weighted by atomic mass is 32.1. The first-order valence-electron chi connectivity index (χ1n) is 3.09. The molecule has 0 saturated heterocycles. The first-order chi connectivity index (χ1) is 6.06. The second kappa shape index (κ2) is 3.31. The van der Waals surface area contributed by atoms with E-state index in [2.05, 4.69) is 0 Å². The van der Waals surface area contributed by atoms with Crippen LogP contribution in [0.25, 0.3) is 0 Å². The predicted octanol–water partition coefficient (Wildman–Crippen LogP) is 0.568. The summed E-state index contributed by atoms with van der Waals surface area (Å²) in [4.78, 5) is 30.6. The Morgan fingerprint density at radius 2 is 2.31 bits per heavy atom. The van der Waals surface area contributed by atoms with E-state index in [1.807, 2.05) is 0 Å². The third-order valence-corrected chi connectivity index (χ3v) is 2.29. The molecule has 0 aliphatic rings. The third kappa shape index (κ3) is 1.70. The number of hydrogen-bond donors (Lipinski definition) is 1. The van der Waals surface area contributed by atoms with E-state index < -0.39 is 15.8 Å². The van der Waals surface area contributed by atoms with Crippen LogP contribution in [0.15, 0.2) is 6.07 Å². The monoisotopic (exact) mass is 200 g/mol. The summed E-state index contributed by atoms with van der Waals surface area (Å²) in [5, 5.41) is 9.95. The topological polar surface area (TPSA) is 103 Å². The van der Waals surface area contributed by atoms with Crippen molar-refractivity contribution in [3.05, 3.63) is 26.6 Å². The van der Waals surface area contributed by atoms with Crippen LogP contribution in [0, 0.1) is 10.1 Å². The Balaban J connectivity index is 3.31. The maximum atomic E-state index is 10.7. The summed E-state index contributed by atoms with van der Waals surface area (Å²) in [6, 6.07) is 1.11. The summed E-state index contributed by atoms with van der Waals surface area (Å²) in [6.07, 6.45) is 0.435. The Morgan fingerprint density at radius 3 is 2.62 bits per heavy atom. The van der Waals surface area contributed by atoms with Crippen molar-refractivity contribution in [2.24, 2.45) is 5.73 Å². The van der Waals surface area contributed by atoms with Crippen LogP contribution in [-0.2, 0) is 0 Å². The van der Waals surface area contributed by atoms with Crippen LogP contribution in [0.2, 0.25) is 0 Å². The lowest BCUT2D eigenvalue weighted by Crippen LogP contribution is -2.11. The van der Waals surface area contributed by atoms with E-state index in [9.17, 15) is 19.7 Å². The van der Waals surface area contributed by atoms with Crippen LogP contribution in [0.1, 0.15) is 20.0 Å². The predicted molar refractivity (Wildman–Crippen MR) is 44.9 cm³/mol. The minimum Gasteiger partial charge on any atom is -0.365 e. The Morgan fingerprint density at radius 1 is 1.69 bits per heavy atom. The van der Waals surface area contributed by atoms with Gasteiger partial charge in [0.05, 0.1) is 9.80 Å². The molecular formula is C6H4N2O4S. The molecule has 0 aromatic carbocycles. The van der Waals surface area contributed by atoms with Crippen LogP contribution in [-0.4, -0.2) is 17.1 Å². The molecule has 0 bridgehead atoms. The van der Waals surface area contributed by atoms with Crippen LogP contribution in [0.4, 0.5) is 5.00 Å². The summed E-state index contributed by atoms with van der Waals surface area (Å²) in [6.45, 7) is 0. The zero-order valence-corrected chi connectivity index (χ0v) is 7.04. The van der Waals surface area contributed by atoms with Gasteiger partial charge in [0.25, 0.3) is 5.91 Å². The standard InChI is InChI=1S/C6H4N2O4S/c7-5(10)4-1-3(2-9)13-6(4)8(11)12/h1-2H,(H2,7,10). The van der Waals surface area contributed by atoms with Crippen LogP contribution in [0.3, 0.4) is 0 Å². The number of primary amides is 1. The third-order valence-electron chi connectivity index (χ3n) is 1.28. The van der Waals surface area contributed by atoms with Crippen molar-refractivity contribution in [1.82, 2.24) is 0 Å². The molecule has 0 fully saturated rings. The normalized spacial score (nSPS) is 9.54. The Kier molecular flexibility index (Phi) is 2.38. The molecule has 0 unspecified atom stereocenters. The second-order valence-corrected chi connectivity index (χ2v) is 3.17. The number of nitrogens with zero attached hydrogens (tertiary/aromatic N) is 1. The quantitative estimate of drug-likeness (QED) is 0.437. The van der Waals surface area contributed by atoms with Crippen LogP contribution in [0.5, 0.6) is 0 Å². The zero-order chi connectivity index (χ0) is 10.0. The van der Waals surface area contributed by atoms with Crippen molar-refractivity contribution in [3.63, 3.8) is 0 Å². The van der Waals surface area contributed by atoms with Crippen molar-refractivity contribution in [1.29, 1.82) is 0 Å². The average molecular weight is 200 g/mol. The smallest absolute Gasteiger partial charge is 0.337 e.